The van der Waals surface area contributed by atoms with Crippen LogP contribution in [0.4, 0.5) is 5.82 Å². The van der Waals surface area contributed by atoms with Crippen molar-refractivity contribution in [2.24, 2.45) is 5.92 Å². The van der Waals surface area contributed by atoms with Crippen molar-refractivity contribution in [1.29, 1.82) is 0 Å². The highest BCUT2D eigenvalue weighted by Gasteiger charge is 2.43. The molecule has 32 heavy (non-hydrogen) atoms. The summed E-state index contributed by atoms with van der Waals surface area (Å²) in [5, 5.41) is 2.71. The Labute approximate surface area is 188 Å². The lowest BCUT2D eigenvalue weighted by molar-refractivity contribution is 0.0846. The van der Waals surface area contributed by atoms with Crippen LogP contribution < -0.4 is 10.1 Å². The maximum Gasteiger partial charge on any atom is 0.269 e. The number of amides is 2. The normalized spacial score (nSPS) is 18.0. The Balaban J connectivity index is 1.53. The van der Waals surface area contributed by atoms with Crippen LogP contribution in [0, 0.1) is 5.92 Å². The highest BCUT2D eigenvalue weighted by molar-refractivity contribution is 7.90. The zero-order valence-electron chi connectivity index (χ0n) is 18.2. The molecule has 2 aliphatic rings. The second kappa shape index (κ2) is 8.90. The number of nitrogens with zero attached hydrogens (tertiary/aromatic N) is 2. The minimum Gasteiger partial charge on any atom is -0.489 e. The minimum absolute atomic E-state index is 0.0737. The molecule has 0 radical (unpaired) electrons. The lowest BCUT2D eigenvalue weighted by Crippen LogP contribution is -2.36. The fraction of sp³-hybridized carbons (Fsp3) is 0.435. The quantitative estimate of drug-likeness (QED) is 0.706. The van der Waals surface area contributed by atoms with E-state index >= 15 is 0 Å². The van der Waals surface area contributed by atoms with Gasteiger partial charge in [-0.25, -0.2) is 17.7 Å². The Morgan fingerprint density at radius 1 is 1.22 bits per heavy atom. The molecular formula is C23H27N3O5S. The molecule has 1 aromatic heterocycles. The number of anilines is 1. The van der Waals surface area contributed by atoms with Crippen LogP contribution in [-0.4, -0.2) is 42.2 Å². The maximum absolute atomic E-state index is 12.9. The first kappa shape index (κ1) is 22.3. The minimum atomic E-state index is -3.99. The van der Waals surface area contributed by atoms with Gasteiger partial charge < -0.3 is 10.1 Å². The number of ether oxygens (including phenoxy) is 1. The van der Waals surface area contributed by atoms with E-state index in [9.17, 15) is 18.0 Å². The van der Waals surface area contributed by atoms with E-state index in [-0.39, 0.29) is 21.8 Å². The van der Waals surface area contributed by atoms with Gasteiger partial charge in [-0.2, -0.15) is 0 Å². The monoisotopic (exact) mass is 457 g/mol. The Bertz CT molecular complexity index is 1140. The number of sulfonamides is 1. The molecule has 1 aliphatic carbocycles. The molecule has 1 aliphatic heterocycles. The van der Waals surface area contributed by atoms with Gasteiger partial charge in [0.1, 0.15) is 4.90 Å². The van der Waals surface area contributed by atoms with E-state index in [1.54, 1.807) is 32.2 Å². The van der Waals surface area contributed by atoms with Crippen LogP contribution >= 0.6 is 0 Å². The molecule has 0 saturated heterocycles. The van der Waals surface area contributed by atoms with E-state index in [2.05, 4.69) is 10.3 Å². The summed E-state index contributed by atoms with van der Waals surface area (Å²) in [6.07, 6.45) is 7.51. The van der Waals surface area contributed by atoms with E-state index < -0.39 is 27.9 Å². The first-order valence-corrected chi connectivity index (χ1v) is 12.3. The van der Waals surface area contributed by atoms with Gasteiger partial charge in [0.15, 0.2) is 11.6 Å². The summed E-state index contributed by atoms with van der Waals surface area (Å²) in [6, 6.07) is 7.03. The summed E-state index contributed by atoms with van der Waals surface area (Å²) < 4.78 is 32.4. The summed E-state index contributed by atoms with van der Waals surface area (Å²) >= 11 is 0. The van der Waals surface area contributed by atoms with Gasteiger partial charge in [0.05, 0.1) is 12.2 Å². The standard InChI is InChI=1S/C23H27N3O5S/c1-15(2)26-23(28)18-11-10-17(13-20(18)32(26,29)30)22(27)25-21-19(9-6-12-24-21)31-14-16-7-4-3-5-8-16/h6,9-13,15-16H,3-5,7-8,14H2,1-2H3,(H,24,25,27). The third kappa shape index (κ3) is 4.21. The molecular weight excluding hydrogens is 430 g/mol. The number of hydrogen-bond donors (Lipinski definition) is 1. The molecule has 4 rings (SSSR count). The van der Waals surface area contributed by atoms with Gasteiger partial charge in [-0.15, -0.1) is 0 Å². The van der Waals surface area contributed by atoms with E-state index in [4.69, 9.17) is 4.74 Å². The number of aromatic nitrogens is 1. The van der Waals surface area contributed by atoms with Crippen LogP contribution in [0.15, 0.2) is 41.4 Å². The molecule has 0 bridgehead atoms. The van der Waals surface area contributed by atoms with Gasteiger partial charge in [0.2, 0.25) is 0 Å². The molecule has 170 valence electrons. The number of fused-ring (bicyclic) bond motifs is 1. The van der Waals surface area contributed by atoms with Crippen molar-refractivity contribution in [3.05, 3.63) is 47.7 Å². The van der Waals surface area contributed by atoms with Gasteiger partial charge in [-0.3, -0.25) is 9.59 Å². The first-order chi connectivity index (χ1) is 15.3. The van der Waals surface area contributed by atoms with Gasteiger partial charge in [0.25, 0.3) is 21.8 Å². The average Bonchev–Trinajstić information content (AvgIpc) is 2.98. The molecule has 2 aromatic rings. The van der Waals surface area contributed by atoms with Crippen LogP contribution in [0.3, 0.4) is 0 Å². The van der Waals surface area contributed by atoms with Gasteiger partial charge >= 0.3 is 0 Å². The predicted octanol–water partition coefficient (Wildman–Crippen LogP) is 3.85. The second-order valence-electron chi connectivity index (χ2n) is 8.53. The summed E-state index contributed by atoms with van der Waals surface area (Å²) in [6.45, 7) is 3.83. The third-order valence-corrected chi connectivity index (χ3v) is 7.88. The van der Waals surface area contributed by atoms with E-state index in [1.807, 2.05) is 0 Å². The molecule has 8 nitrogen and oxygen atoms in total. The SMILES string of the molecule is CC(C)N1C(=O)c2ccc(C(=O)Nc3ncccc3OCC3CCCCC3)cc2S1(=O)=O. The number of pyridine rings is 1. The van der Waals surface area contributed by atoms with Crippen LogP contribution in [0.5, 0.6) is 5.75 Å². The molecule has 1 N–H and O–H groups in total. The number of carbonyl (C=O) groups excluding carboxylic acids is 2. The second-order valence-corrected chi connectivity index (χ2v) is 10.3. The molecule has 2 heterocycles. The Morgan fingerprint density at radius 2 is 1.97 bits per heavy atom. The van der Waals surface area contributed by atoms with Gasteiger partial charge in [-0.1, -0.05) is 19.3 Å². The Hall–Kier alpha value is -2.94. The molecule has 1 fully saturated rings. The molecule has 1 aromatic carbocycles. The van der Waals surface area contributed by atoms with Crippen molar-refractivity contribution in [1.82, 2.24) is 9.29 Å². The van der Waals surface area contributed by atoms with Crippen molar-refractivity contribution in [2.45, 2.75) is 56.9 Å². The van der Waals surface area contributed by atoms with E-state index in [0.29, 0.717) is 18.3 Å². The summed E-state index contributed by atoms with van der Waals surface area (Å²) in [4.78, 5) is 29.4. The molecule has 0 unspecified atom stereocenters. The van der Waals surface area contributed by atoms with Crippen LogP contribution in [0.25, 0.3) is 0 Å². The highest BCUT2D eigenvalue weighted by Crippen LogP contribution is 2.33. The fourth-order valence-electron chi connectivity index (χ4n) is 4.24. The zero-order valence-corrected chi connectivity index (χ0v) is 19.0. The molecule has 9 heteroatoms. The highest BCUT2D eigenvalue weighted by atomic mass is 32.2. The molecule has 1 saturated carbocycles. The molecule has 2 amide bonds. The van der Waals surface area contributed by atoms with Crippen molar-refractivity contribution in [3.63, 3.8) is 0 Å². The lowest BCUT2D eigenvalue weighted by Gasteiger charge is -2.22. The smallest absolute Gasteiger partial charge is 0.269 e. The average molecular weight is 458 g/mol. The number of hydrogen-bond acceptors (Lipinski definition) is 6. The third-order valence-electron chi connectivity index (χ3n) is 5.88. The largest absolute Gasteiger partial charge is 0.489 e. The summed E-state index contributed by atoms with van der Waals surface area (Å²) in [7, 11) is -3.99. The van der Waals surface area contributed by atoms with Crippen molar-refractivity contribution < 1.29 is 22.7 Å². The summed E-state index contributed by atoms with van der Waals surface area (Å²) in [5.41, 5.74) is 0.194. The maximum atomic E-state index is 12.9. The van der Waals surface area contributed by atoms with Crippen molar-refractivity contribution in [2.75, 3.05) is 11.9 Å². The number of rotatable bonds is 6. The van der Waals surface area contributed by atoms with Crippen LogP contribution in [0.1, 0.15) is 66.7 Å². The predicted molar refractivity (Wildman–Crippen MR) is 119 cm³/mol. The van der Waals surface area contributed by atoms with Crippen LogP contribution in [0.2, 0.25) is 0 Å². The number of benzene rings is 1. The van der Waals surface area contributed by atoms with E-state index in [1.165, 1.54) is 37.5 Å². The topological polar surface area (TPSA) is 106 Å². The summed E-state index contributed by atoms with van der Waals surface area (Å²) in [5.74, 6) is 0.138. The number of carbonyl (C=O) groups is 2. The van der Waals surface area contributed by atoms with Crippen molar-refractivity contribution >= 4 is 27.7 Å². The zero-order chi connectivity index (χ0) is 22.9. The number of nitrogens with one attached hydrogen (secondary N) is 1. The van der Waals surface area contributed by atoms with E-state index in [0.717, 1.165) is 17.1 Å². The Kier molecular flexibility index (Phi) is 6.19. The molecule has 0 atom stereocenters. The van der Waals surface area contributed by atoms with Gasteiger partial charge in [-0.05, 0) is 62.9 Å². The van der Waals surface area contributed by atoms with Gasteiger partial charge in [0, 0.05) is 17.8 Å². The fourth-order valence-corrected chi connectivity index (χ4v) is 6.03. The van der Waals surface area contributed by atoms with Crippen molar-refractivity contribution in [3.8, 4) is 5.75 Å². The molecule has 0 spiro atoms. The first-order valence-electron chi connectivity index (χ1n) is 10.9. The lowest BCUT2D eigenvalue weighted by atomic mass is 9.90. The van der Waals surface area contributed by atoms with Crippen LogP contribution in [-0.2, 0) is 10.0 Å². The Morgan fingerprint density at radius 3 is 2.69 bits per heavy atom.